The second kappa shape index (κ2) is 6.85. The van der Waals surface area contributed by atoms with Crippen LogP contribution < -0.4 is 15.5 Å². The number of anilines is 1. The number of halogens is 1. The summed E-state index contributed by atoms with van der Waals surface area (Å²) in [7, 11) is 1.83. The van der Waals surface area contributed by atoms with Crippen molar-refractivity contribution >= 4 is 33.4 Å². The first-order valence-electron chi connectivity index (χ1n) is 6.60. The first-order chi connectivity index (χ1) is 9.61. The Bertz CT molecular complexity index is 507. The van der Waals surface area contributed by atoms with Gasteiger partial charge in [-0.3, -0.25) is 9.59 Å². The Morgan fingerprint density at radius 3 is 2.95 bits per heavy atom. The highest BCUT2D eigenvalue weighted by atomic mass is 79.9. The van der Waals surface area contributed by atoms with E-state index >= 15 is 0 Å². The number of carbonyl (C=O) groups is 2. The van der Waals surface area contributed by atoms with Gasteiger partial charge in [0.1, 0.15) is 0 Å². The summed E-state index contributed by atoms with van der Waals surface area (Å²) in [6.45, 7) is 1.75. The molecule has 1 unspecified atom stereocenters. The SMILES string of the molecule is CNCCNC(=O)C1CC(=O)N(c2cccc(Br)c2)C1. The van der Waals surface area contributed by atoms with Crippen LogP contribution in [0, 0.1) is 5.92 Å². The molecule has 2 rings (SSSR count). The smallest absolute Gasteiger partial charge is 0.227 e. The van der Waals surface area contributed by atoms with E-state index in [-0.39, 0.29) is 24.2 Å². The first-order valence-corrected chi connectivity index (χ1v) is 7.39. The normalized spacial score (nSPS) is 18.4. The molecule has 1 fully saturated rings. The molecule has 6 heteroatoms. The summed E-state index contributed by atoms with van der Waals surface area (Å²) in [4.78, 5) is 25.7. The molecule has 1 saturated heterocycles. The van der Waals surface area contributed by atoms with E-state index in [0.29, 0.717) is 13.1 Å². The maximum Gasteiger partial charge on any atom is 0.227 e. The third-order valence-electron chi connectivity index (χ3n) is 3.29. The fourth-order valence-corrected chi connectivity index (χ4v) is 2.62. The van der Waals surface area contributed by atoms with Crippen LogP contribution in [0.1, 0.15) is 6.42 Å². The number of nitrogens with one attached hydrogen (secondary N) is 2. The molecule has 1 aliphatic rings. The second-order valence-electron chi connectivity index (χ2n) is 4.78. The maximum atomic E-state index is 12.0. The van der Waals surface area contributed by atoms with Crippen LogP contribution in [0.5, 0.6) is 0 Å². The van der Waals surface area contributed by atoms with Crippen molar-refractivity contribution in [3.05, 3.63) is 28.7 Å². The van der Waals surface area contributed by atoms with Gasteiger partial charge in [0.05, 0.1) is 5.92 Å². The van der Waals surface area contributed by atoms with Crippen LogP contribution >= 0.6 is 15.9 Å². The highest BCUT2D eigenvalue weighted by Gasteiger charge is 2.34. The summed E-state index contributed by atoms with van der Waals surface area (Å²) in [5.41, 5.74) is 0.829. The number of hydrogen-bond donors (Lipinski definition) is 2. The van der Waals surface area contributed by atoms with E-state index in [1.54, 1.807) is 4.90 Å². The molecule has 108 valence electrons. The Balaban J connectivity index is 1.98. The Kier molecular flexibility index (Phi) is 5.14. The molecule has 0 aromatic heterocycles. The molecule has 0 bridgehead atoms. The molecule has 1 aromatic rings. The molecule has 20 heavy (non-hydrogen) atoms. The highest BCUT2D eigenvalue weighted by Crippen LogP contribution is 2.27. The van der Waals surface area contributed by atoms with Crippen molar-refractivity contribution < 1.29 is 9.59 Å². The van der Waals surface area contributed by atoms with Gasteiger partial charge in [0, 0.05) is 36.2 Å². The highest BCUT2D eigenvalue weighted by molar-refractivity contribution is 9.10. The van der Waals surface area contributed by atoms with Crippen LogP contribution in [-0.2, 0) is 9.59 Å². The molecule has 0 spiro atoms. The molecule has 1 aliphatic heterocycles. The van der Waals surface area contributed by atoms with Gasteiger partial charge < -0.3 is 15.5 Å². The van der Waals surface area contributed by atoms with Gasteiger partial charge in [-0.05, 0) is 25.2 Å². The minimum absolute atomic E-state index is 0.00290. The van der Waals surface area contributed by atoms with E-state index in [1.165, 1.54) is 0 Å². The van der Waals surface area contributed by atoms with Crippen molar-refractivity contribution in [3.8, 4) is 0 Å². The largest absolute Gasteiger partial charge is 0.355 e. The van der Waals surface area contributed by atoms with Crippen molar-refractivity contribution in [2.45, 2.75) is 6.42 Å². The molecule has 1 heterocycles. The van der Waals surface area contributed by atoms with E-state index in [9.17, 15) is 9.59 Å². The van der Waals surface area contributed by atoms with Gasteiger partial charge in [0.15, 0.2) is 0 Å². The van der Waals surface area contributed by atoms with Crippen LogP contribution in [0.15, 0.2) is 28.7 Å². The van der Waals surface area contributed by atoms with E-state index in [4.69, 9.17) is 0 Å². The summed E-state index contributed by atoms with van der Waals surface area (Å²) in [6.07, 6.45) is 0.276. The standard InChI is InChI=1S/C14H18BrN3O2/c1-16-5-6-17-14(20)10-7-13(19)18(9-10)12-4-2-3-11(15)8-12/h2-4,8,10,16H,5-7,9H2,1H3,(H,17,20). The van der Waals surface area contributed by atoms with Crippen molar-refractivity contribution in [1.82, 2.24) is 10.6 Å². The molecule has 1 aromatic carbocycles. The van der Waals surface area contributed by atoms with Crippen molar-refractivity contribution in [3.63, 3.8) is 0 Å². The molecular formula is C14H18BrN3O2. The van der Waals surface area contributed by atoms with Crippen molar-refractivity contribution in [2.24, 2.45) is 5.92 Å². The molecule has 1 atom stereocenters. The summed E-state index contributed by atoms with van der Waals surface area (Å²) in [5, 5.41) is 5.81. The second-order valence-corrected chi connectivity index (χ2v) is 5.70. The summed E-state index contributed by atoms with van der Waals surface area (Å²) in [5.74, 6) is -0.318. The summed E-state index contributed by atoms with van der Waals surface area (Å²) in [6, 6.07) is 7.56. The topological polar surface area (TPSA) is 61.4 Å². The zero-order chi connectivity index (χ0) is 14.5. The molecule has 0 radical (unpaired) electrons. The summed E-state index contributed by atoms with van der Waals surface area (Å²) >= 11 is 3.39. The lowest BCUT2D eigenvalue weighted by atomic mass is 10.1. The van der Waals surface area contributed by atoms with Crippen molar-refractivity contribution in [2.75, 3.05) is 31.6 Å². The van der Waals surface area contributed by atoms with Crippen LogP contribution in [0.25, 0.3) is 0 Å². The third-order valence-corrected chi connectivity index (χ3v) is 3.78. The van der Waals surface area contributed by atoms with Crippen LogP contribution in [0.4, 0.5) is 5.69 Å². The average molecular weight is 340 g/mol. The molecule has 0 aliphatic carbocycles. The fourth-order valence-electron chi connectivity index (χ4n) is 2.23. The number of amides is 2. The van der Waals surface area contributed by atoms with Gasteiger partial charge in [0.25, 0.3) is 0 Å². The zero-order valence-corrected chi connectivity index (χ0v) is 12.9. The monoisotopic (exact) mass is 339 g/mol. The lowest BCUT2D eigenvalue weighted by molar-refractivity contribution is -0.126. The lowest BCUT2D eigenvalue weighted by Crippen LogP contribution is -2.36. The third kappa shape index (κ3) is 3.58. The number of likely N-dealkylation sites (N-methyl/N-ethyl adjacent to an activating group) is 1. The van der Waals surface area contributed by atoms with Gasteiger partial charge in [0.2, 0.25) is 11.8 Å². The van der Waals surface area contributed by atoms with Crippen LogP contribution in [-0.4, -0.2) is 38.5 Å². The van der Waals surface area contributed by atoms with Gasteiger partial charge in [-0.15, -0.1) is 0 Å². The van der Waals surface area contributed by atoms with Crippen molar-refractivity contribution in [1.29, 1.82) is 0 Å². The average Bonchev–Trinajstić information content (AvgIpc) is 2.81. The number of benzene rings is 1. The van der Waals surface area contributed by atoms with Gasteiger partial charge in [-0.1, -0.05) is 22.0 Å². The van der Waals surface area contributed by atoms with Gasteiger partial charge in [-0.25, -0.2) is 0 Å². The molecule has 5 nitrogen and oxygen atoms in total. The quantitative estimate of drug-likeness (QED) is 0.791. The molecule has 0 saturated carbocycles. The van der Waals surface area contributed by atoms with Gasteiger partial charge in [-0.2, -0.15) is 0 Å². The van der Waals surface area contributed by atoms with Crippen LogP contribution in [0.2, 0.25) is 0 Å². The van der Waals surface area contributed by atoms with E-state index in [2.05, 4.69) is 26.6 Å². The maximum absolute atomic E-state index is 12.0. The number of hydrogen-bond acceptors (Lipinski definition) is 3. The summed E-state index contributed by atoms with van der Waals surface area (Å²) < 4.78 is 0.921. The predicted octanol–water partition coefficient (Wildman–Crippen LogP) is 1.14. The van der Waals surface area contributed by atoms with E-state index in [1.807, 2.05) is 31.3 Å². The van der Waals surface area contributed by atoms with Crippen LogP contribution in [0.3, 0.4) is 0 Å². The molecule has 2 N–H and O–H groups in total. The lowest BCUT2D eigenvalue weighted by Gasteiger charge is -2.17. The number of rotatable bonds is 5. The number of nitrogens with zero attached hydrogens (tertiary/aromatic N) is 1. The van der Waals surface area contributed by atoms with Gasteiger partial charge >= 0.3 is 0 Å². The predicted molar refractivity (Wildman–Crippen MR) is 81.5 cm³/mol. The zero-order valence-electron chi connectivity index (χ0n) is 11.4. The minimum atomic E-state index is -0.265. The molecule has 2 amide bonds. The minimum Gasteiger partial charge on any atom is -0.355 e. The first kappa shape index (κ1) is 15.0. The fraction of sp³-hybridized carbons (Fsp3) is 0.429. The number of carbonyl (C=O) groups excluding carboxylic acids is 2. The van der Waals surface area contributed by atoms with E-state index in [0.717, 1.165) is 16.7 Å². The Morgan fingerprint density at radius 2 is 2.25 bits per heavy atom. The van der Waals surface area contributed by atoms with E-state index < -0.39 is 0 Å². The Labute approximate surface area is 126 Å². The molecular weight excluding hydrogens is 322 g/mol. The Morgan fingerprint density at radius 1 is 1.45 bits per heavy atom. The Hall–Kier alpha value is -1.40.